The standard InChI is InChI=1S/C27H25ClN4O2S/c28-22-10-6-11-23(18-22)32-25(17-20-7-2-1-3-8-20)29-30-27(32)35-19-21-9-4-5-12-24(21)26(33)31-13-15-34-16-14-31/h1-12,18H,13-17,19H2. The van der Waals surface area contributed by atoms with E-state index in [0.29, 0.717) is 43.5 Å². The maximum absolute atomic E-state index is 13.2. The summed E-state index contributed by atoms with van der Waals surface area (Å²) in [7, 11) is 0. The number of rotatable bonds is 7. The van der Waals surface area contributed by atoms with Crippen molar-refractivity contribution in [3.8, 4) is 5.69 Å². The van der Waals surface area contributed by atoms with Gasteiger partial charge in [0.05, 0.1) is 18.9 Å². The SMILES string of the molecule is O=C(c1ccccc1CSc1nnc(Cc2ccccc2)n1-c1cccc(Cl)c1)N1CCOCC1. The summed E-state index contributed by atoms with van der Waals surface area (Å²) in [5.41, 5.74) is 3.76. The van der Waals surface area contributed by atoms with Crippen LogP contribution in [0.4, 0.5) is 0 Å². The lowest BCUT2D eigenvalue weighted by Crippen LogP contribution is -2.41. The Morgan fingerprint density at radius 1 is 0.943 bits per heavy atom. The Morgan fingerprint density at radius 2 is 1.71 bits per heavy atom. The second-order valence-electron chi connectivity index (χ2n) is 8.23. The molecule has 0 bridgehead atoms. The van der Waals surface area contributed by atoms with Crippen molar-refractivity contribution in [2.45, 2.75) is 17.3 Å². The van der Waals surface area contributed by atoms with Crippen LogP contribution in [-0.2, 0) is 16.9 Å². The number of benzene rings is 3. The Kier molecular flexibility index (Phi) is 7.47. The molecule has 0 atom stereocenters. The van der Waals surface area contributed by atoms with Gasteiger partial charge in [0.15, 0.2) is 5.16 Å². The zero-order valence-corrected chi connectivity index (χ0v) is 20.7. The van der Waals surface area contributed by atoms with E-state index in [2.05, 4.69) is 26.9 Å². The summed E-state index contributed by atoms with van der Waals surface area (Å²) in [4.78, 5) is 15.0. The highest BCUT2D eigenvalue weighted by molar-refractivity contribution is 7.98. The van der Waals surface area contributed by atoms with Crippen LogP contribution in [0.2, 0.25) is 5.02 Å². The Balaban J connectivity index is 1.43. The van der Waals surface area contributed by atoms with Gasteiger partial charge in [-0.15, -0.1) is 10.2 Å². The largest absolute Gasteiger partial charge is 0.378 e. The molecule has 1 fully saturated rings. The van der Waals surface area contributed by atoms with Crippen molar-refractivity contribution in [1.29, 1.82) is 0 Å². The molecule has 1 aliphatic heterocycles. The summed E-state index contributed by atoms with van der Waals surface area (Å²) in [6.45, 7) is 2.39. The molecule has 1 aromatic heterocycles. The molecule has 0 radical (unpaired) electrons. The lowest BCUT2D eigenvalue weighted by atomic mass is 10.1. The molecule has 0 spiro atoms. The average Bonchev–Trinajstić information content (AvgIpc) is 3.30. The van der Waals surface area contributed by atoms with Gasteiger partial charge in [-0.1, -0.05) is 78.0 Å². The average molecular weight is 505 g/mol. The van der Waals surface area contributed by atoms with Gasteiger partial charge in [-0.2, -0.15) is 0 Å². The van der Waals surface area contributed by atoms with Gasteiger partial charge >= 0.3 is 0 Å². The predicted molar refractivity (Wildman–Crippen MR) is 138 cm³/mol. The molecular weight excluding hydrogens is 480 g/mol. The van der Waals surface area contributed by atoms with E-state index in [0.717, 1.165) is 33.4 Å². The van der Waals surface area contributed by atoms with Crippen LogP contribution in [0, 0.1) is 0 Å². The molecule has 2 heterocycles. The fraction of sp³-hybridized carbons (Fsp3) is 0.222. The number of aromatic nitrogens is 3. The molecule has 1 saturated heterocycles. The molecule has 0 saturated carbocycles. The number of hydrogen-bond donors (Lipinski definition) is 0. The van der Waals surface area contributed by atoms with E-state index in [-0.39, 0.29) is 5.91 Å². The minimum Gasteiger partial charge on any atom is -0.378 e. The number of amides is 1. The fourth-order valence-electron chi connectivity index (χ4n) is 4.10. The maximum Gasteiger partial charge on any atom is 0.254 e. The number of carbonyl (C=O) groups excluding carboxylic acids is 1. The van der Waals surface area contributed by atoms with E-state index in [1.54, 1.807) is 11.8 Å². The minimum absolute atomic E-state index is 0.0468. The summed E-state index contributed by atoms with van der Waals surface area (Å²) in [6, 6.07) is 25.7. The molecule has 8 heteroatoms. The third-order valence-corrected chi connectivity index (χ3v) is 7.09. The van der Waals surface area contributed by atoms with Crippen LogP contribution < -0.4 is 0 Å². The van der Waals surface area contributed by atoms with Crippen molar-refractivity contribution in [1.82, 2.24) is 19.7 Å². The van der Waals surface area contributed by atoms with Crippen LogP contribution >= 0.6 is 23.4 Å². The number of hydrogen-bond acceptors (Lipinski definition) is 5. The number of morpholine rings is 1. The van der Waals surface area contributed by atoms with E-state index in [4.69, 9.17) is 16.3 Å². The van der Waals surface area contributed by atoms with Gasteiger partial charge in [0.2, 0.25) is 0 Å². The highest BCUT2D eigenvalue weighted by atomic mass is 35.5. The third-order valence-electron chi connectivity index (χ3n) is 5.87. The van der Waals surface area contributed by atoms with Crippen molar-refractivity contribution in [2.75, 3.05) is 26.3 Å². The molecule has 1 aliphatic rings. The minimum atomic E-state index is 0.0468. The Morgan fingerprint density at radius 3 is 2.51 bits per heavy atom. The lowest BCUT2D eigenvalue weighted by molar-refractivity contribution is 0.0302. The summed E-state index contributed by atoms with van der Waals surface area (Å²) in [5.74, 6) is 1.47. The molecule has 4 aromatic rings. The van der Waals surface area contributed by atoms with Gasteiger partial charge in [-0.05, 0) is 35.4 Å². The number of carbonyl (C=O) groups is 1. The molecule has 5 rings (SSSR count). The molecule has 3 aromatic carbocycles. The van der Waals surface area contributed by atoms with Crippen LogP contribution in [0.25, 0.3) is 5.69 Å². The van der Waals surface area contributed by atoms with Crippen LogP contribution in [-0.4, -0.2) is 51.9 Å². The summed E-state index contributed by atoms with van der Waals surface area (Å²) in [6.07, 6.45) is 0.646. The van der Waals surface area contributed by atoms with Crippen molar-refractivity contribution >= 4 is 29.3 Å². The van der Waals surface area contributed by atoms with E-state index in [1.165, 1.54) is 0 Å². The zero-order chi connectivity index (χ0) is 24.0. The molecular formula is C27H25ClN4O2S. The van der Waals surface area contributed by atoms with E-state index in [9.17, 15) is 4.79 Å². The second-order valence-corrected chi connectivity index (χ2v) is 9.61. The molecule has 35 heavy (non-hydrogen) atoms. The highest BCUT2D eigenvalue weighted by Gasteiger charge is 2.22. The normalized spacial score (nSPS) is 13.7. The van der Waals surface area contributed by atoms with Crippen LogP contribution in [0.15, 0.2) is 84.0 Å². The smallest absolute Gasteiger partial charge is 0.254 e. The molecule has 178 valence electrons. The van der Waals surface area contributed by atoms with Crippen LogP contribution in [0.5, 0.6) is 0 Å². The van der Waals surface area contributed by atoms with Gasteiger partial charge in [-0.25, -0.2) is 0 Å². The van der Waals surface area contributed by atoms with Crippen molar-refractivity contribution in [3.63, 3.8) is 0 Å². The number of ether oxygens (including phenoxy) is 1. The van der Waals surface area contributed by atoms with Crippen LogP contribution in [0.1, 0.15) is 27.3 Å². The highest BCUT2D eigenvalue weighted by Crippen LogP contribution is 2.29. The number of halogens is 1. The summed E-state index contributed by atoms with van der Waals surface area (Å²) in [5, 5.41) is 10.4. The first-order valence-corrected chi connectivity index (χ1v) is 12.9. The van der Waals surface area contributed by atoms with Gasteiger partial charge in [0.25, 0.3) is 5.91 Å². The monoisotopic (exact) mass is 504 g/mol. The first-order valence-electron chi connectivity index (χ1n) is 11.5. The van der Waals surface area contributed by atoms with E-state index < -0.39 is 0 Å². The molecule has 0 unspecified atom stereocenters. The third kappa shape index (κ3) is 5.59. The molecule has 0 aliphatic carbocycles. The Hall–Kier alpha value is -3.13. The Labute approximate surface area is 213 Å². The first kappa shape index (κ1) is 23.6. The predicted octanol–water partition coefficient (Wildman–Crippen LogP) is 5.28. The molecule has 0 N–H and O–H groups in total. The van der Waals surface area contributed by atoms with Crippen molar-refractivity contribution in [3.05, 3.63) is 106 Å². The molecule has 6 nitrogen and oxygen atoms in total. The van der Waals surface area contributed by atoms with Gasteiger partial charge in [0.1, 0.15) is 5.82 Å². The first-order chi connectivity index (χ1) is 17.2. The lowest BCUT2D eigenvalue weighted by Gasteiger charge is -2.27. The van der Waals surface area contributed by atoms with E-state index in [1.807, 2.05) is 71.6 Å². The quantitative estimate of drug-likeness (QED) is 0.321. The zero-order valence-electron chi connectivity index (χ0n) is 19.1. The second kappa shape index (κ2) is 11.1. The number of thioether (sulfide) groups is 1. The van der Waals surface area contributed by atoms with Gasteiger partial charge in [0, 0.05) is 35.8 Å². The summed E-state index contributed by atoms with van der Waals surface area (Å²) < 4.78 is 7.46. The van der Waals surface area contributed by atoms with Gasteiger partial charge < -0.3 is 9.64 Å². The molecule has 1 amide bonds. The van der Waals surface area contributed by atoms with Crippen molar-refractivity contribution < 1.29 is 9.53 Å². The number of nitrogens with zero attached hydrogens (tertiary/aromatic N) is 4. The Bertz CT molecular complexity index is 1310. The van der Waals surface area contributed by atoms with Gasteiger partial charge in [-0.3, -0.25) is 9.36 Å². The summed E-state index contributed by atoms with van der Waals surface area (Å²) >= 11 is 7.88. The van der Waals surface area contributed by atoms with Crippen molar-refractivity contribution in [2.24, 2.45) is 0 Å². The maximum atomic E-state index is 13.2. The topological polar surface area (TPSA) is 60.2 Å². The van der Waals surface area contributed by atoms with E-state index >= 15 is 0 Å². The fourth-order valence-corrected chi connectivity index (χ4v) is 5.25. The van der Waals surface area contributed by atoms with Crippen LogP contribution in [0.3, 0.4) is 0 Å².